The minimum Gasteiger partial charge on any atom is -0.491 e. The third-order valence-electron chi connectivity index (χ3n) is 3.06. The Balaban J connectivity index is 2.28. The maximum atomic E-state index is 13.9. The summed E-state index contributed by atoms with van der Waals surface area (Å²) in [6.07, 6.45) is 0. The average molecular weight is 427 g/mol. The predicted molar refractivity (Wildman–Crippen MR) is 93.0 cm³/mol. The normalized spacial score (nSPS) is 10.4. The Morgan fingerprint density at radius 2 is 1.65 bits per heavy atom. The van der Waals surface area contributed by atoms with E-state index in [2.05, 4.69) is 10.1 Å². The van der Waals surface area contributed by atoms with Gasteiger partial charge in [-0.2, -0.15) is 8.78 Å². The minimum atomic E-state index is -1.93. The van der Waals surface area contributed by atoms with Crippen molar-refractivity contribution in [3.8, 4) is 5.75 Å². The third-order valence-corrected chi connectivity index (χ3v) is 3.83. The lowest BCUT2D eigenvalue weighted by molar-refractivity contribution is 0.0966. The second kappa shape index (κ2) is 8.07. The summed E-state index contributed by atoms with van der Waals surface area (Å²) in [7, 11) is 0.813. The van der Waals surface area contributed by atoms with Gasteiger partial charge in [0.1, 0.15) is 5.56 Å². The third kappa shape index (κ3) is 4.00. The topological polar surface area (TPSA) is 50.4 Å². The molecule has 0 radical (unpaired) electrons. The Labute approximate surface area is 160 Å². The van der Waals surface area contributed by atoms with Gasteiger partial charge in [-0.3, -0.25) is 10.1 Å². The lowest BCUT2D eigenvalue weighted by Gasteiger charge is -2.13. The van der Waals surface area contributed by atoms with Crippen LogP contribution in [0.25, 0.3) is 0 Å². The molecule has 0 fully saturated rings. The molecule has 138 valence electrons. The van der Waals surface area contributed by atoms with E-state index in [1.165, 1.54) is 18.2 Å². The molecule has 4 nitrogen and oxygen atoms in total. The number of amides is 1. The second-order valence-corrected chi connectivity index (χ2v) is 5.95. The van der Waals surface area contributed by atoms with E-state index < -0.39 is 45.6 Å². The maximum Gasteiger partial charge on any atom is 0.263 e. The molecule has 26 heavy (non-hydrogen) atoms. The minimum absolute atomic E-state index is 0.185. The smallest absolute Gasteiger partial charge is 0.263 e. The molecule has 0 aliphatic carbocycles. The van der Waals surface area contributed by atoms with Crippen LogP contribution in [0.15, 0.2) is 18.2 Å². The molecule has 2 N–H and O–H groups in total. The van der Waals surface area contributed by atoms with Gasteiger partial charge in [-0.05, 0) is 30.4 Å². The summed E-state index contributed by atoms with van der Waals surface area (Å²) in [6.45, 7) is 0. The number of hydrogen-bond acceptors (Lipinski definition) is 3. The van der Waals surface area contributed by atoms with Gasteiger partial charge in [-0.1, -0.05) is 23.2 Å². The number of ether oxygens (including phenoxy) is 1. The first kappa shape index (κ1) is 20.2. The Hall–Kier alpha value is -2.10. The molecule has 0 atom stereocenters. The zero-order chi connectivity index (χ0) is 19.6. The van der Waals surface area contributed by atoms with Crippen LogP contribution < -0.4 is 15.4 Å². The number of anilines is 1. The summed E-state index contributed by atoms with van der Waals surface area (Å²) in [5, 5.41) is 4.40. The number of benzene rings is 2. The van der Waals surface area contributed by atoms with Crippen LogP contribution in [0, 0.1) is 23.3 Å². The molecular weight excluding hydrogens is 419 g/mol. The average Bonchev–Trinajstić information content (AvgIpc) is 2.57. The molecule has 1 amide bonds. The van der Waals surface area contributed by atoms with Crippen molar-refractivity contribution in [2.24, 2.45) is 0 Å². The lowest BCUT2D eigenvalue weighted by atomic mass is 10.1. The number of nitrogens with one attached hydrogen (secondary N) is 2. The molecule has 0 saturated carbocycles. The summed E-state index contributed by atoms with van der Waals surface area (Å²) in [5.41, 5.74) is -1.31. The van der Waals surface area contributed by atoms with Crippen molar-refractivity contribution in [2.75, 3.05) is 12.4 Å². The van der Waals surface area contributed by atoms with E-state index in [0.29, 0.717) is 5.02 Å². The summed E-state index contributed by atoms with van der Waals surface area (Å²) in [4.78, 5) is 12.0. The van der Waals surface area contributed by atoms with Gasteiger partial charge < -0.3 is 10.1 Å². The van der Waals surface area contributed by atoms with E-state index in [1.807, 2.05) is 5.32 Å². The number of methoxy groups -OCH3 is 1. The van der Waals surface area contributed by atoms with Crippen molar-refractivity contribution in [3.63, 3.8) is 0 Å². The van der Waals surface area contributed by atoms with Crippen LogP contribution in [0.4, 0.5) is 23.2 Å². The van der Waals surface area contributed by atoms with Crippen molar-refractivity contribution < 1.29 is 27.1 Å². The molecule has 2 aromatic carbocycles. The van der Waals surface area contributed by atoms with E-state index in [0.717, 1.165) is 7.11 Å². The van der Waals surface area contributed by atoms with Crippen LogP contribution in [-0.4, -0.2) is 18.1 Å². The maximum absolute atomic E-state index is 13.9. The van der Waals surface area contributed by atoms with Crippen LogP contribution in [0.3, 0.4) is 0 Å². The summed E-state index contributed by atoms with van der Waals surface area (Å²) < 4.78 is 59.4. The molecule has 0 spiro atoms. The predicted octanol–water partition coefficient (Wildman–Crippen LogP) is 4.69. The first-order chi connectivity index (χ1) is 12.2. The highest BCUT2D eigenvalue weighted by Gasteiger charge is 2.30. The quantitative estimate of drug-likeness (QED) is 0.424. The van der Waals surface area contributed by atoms with Gasteiger partial charge in [0.15, 0.2) is 22.5 Å². The summed E-state index contributed by atoms with van der Waals surface area (Å²) in [6, 6.07) is 4.30. The van der Waals surface area contributed by atoms with Crippen molar-refractivity contribution in [3.05, 3.63) is 57.1 Å². The van der Waals surface area contributed by atoms with Gasteiger partial charge >= 0.3 is 0 Å². The molecule has 0 unspecified atom stereocenters. The highest BCUT2D eigenvalue weighted by Crippen LogP contribution is 2.30. The van der Waals surface area contributed by atoms with E-state index in [9.17, 15) is 22.4 Å². The number of hydrogen-bond donors (Lipinski definition) is 2. The first-order valence-electron chi connectivity index (χ1n) is 6.64. The number of halogens is 6. The fraction of sp³-hybridized carbons (Fsp3) is 0.0667. The number of rotatable bonds is 3. The number of carbonyl (C=O) groups is 1. The monoisotopic (exact) mass is 426 g/mol. The SMILES string of the molecule is COc1c(F)c(F)c(C(=O)NC(=S)Nc2cc(Cl)ccc2Cl)c(F)c1F. The van der Waals surface area contributed by atoms with Crippen LogP contribution in [0.5, 0.6) is 5.75 Å². The van der Waals surface area contributed by atoms with Crippen LogP contribution in [0.2, 0.25) is 10.0 Å². The van der Waals surface area contributed by atoms with Crippen LogP contribution in [0.1, 0.15) is 10.4 Å². The second-order valence-electron chi connectivity index (χ2n) is 4.70. The van der Waals surface area contributed by atoms with Crippen molar-refractivity contribution in [1.82, 2.24) is 5.32 Å². The van der Waals surface area contributed by atoms with Gasteiger partial charge in [-0.25, -0.2) is 8.78 Å². The molecule has 0 aromatic heterocycles. The fourth-order valence-electron chi connectivity index (χ4n) is 1.90. The summed E-state index contributed by atoms with van der Waals surface area (Å²) >= 11 is 16.5. The fourth-order valence-corrected chi connectivity index (χ4v) is 2.44. The van der Waals surface area contributed by atoms with Crippen LogP contribution in [-0.2, 0) is 0 Å². The highest BCUT2D eigenvalue weighted by atomic mass is 35.5. The van der Waals surface area contributed by atoms with Gasteiger partial charge in [0, 0.05) is 5.02 Å². The van der Waals surface area contributed by atoms with Gasteiger partial charge in [0.05, 0.1) is 17.8 Å². The standard InChI is InChI=1S/C15H8Cl2F4N2O2S/c1-25-13-11(20)9(18)8(10(19)12(13)21)14(24)23-15(26)22-7-4-5(16)2-3-6(7)17/h2-4H,1H3,(H2,22,23,24,26). The molecule has 0 saturated heterocycles. The van der Waals surface area contributed by atoms with E-state index >= 15 is 0 Å². The molecule has 0 aliphatic heterocycles. The zero-order valence-electron chi connectivity index (χ0n) is 12.7. The van der Waals surface area contributed by atoms with Crippen molar-refractivity contribution >= 4 is 52.1 Å². The van der Waals surface area contributed by atoms with Gasteiger partial charge in [-0.15, -0.1) is 0 Å². The molecular formula is C15H8Cl2F4N2O2S. The van der Waals surface area contributed by atoms with Crippen molar-refractivity contribution in [2.45, 2.75) is 0 Å². The number of carbonyl (C=O) groups excluding carboxylic acids is 1. The van der Waals surface area contributed by atoms with Gasteiger partial charge in [0.2, 0.25) is 11.6 Å². The molecule has 0 aliphatic rings. The molecule has 11 heteroatoms. The lowest BCUT2D eigenvalue weighted by Crippen LogP contribution is -2.35. The number of thiocarbonyl (C=S) groups is 1. The molecule has 2 rings (SSSR count). The zero-order valence-corrected chi connectivity index (χ0v) is 15.1. The largest absolute Gasteiger partial charge is 0.491 e. The van der Waals surface area contributed by atoms with E-state index in [1.54, 1.807) is 0 Å². The van der Waals surface area contributed by atoms with E-state index in [-0.39, 0.29) is 10.7 Å². The summed E-state index contributed by atoms with van der Waals surface area (Å²) in [5.74, 6) is -10.4. The Morgan fingerprint density at radius 1 is 1.08 bits per heavy atom. The Bertz CT molecular complexity index is 883. The molecule has 0 bridgehead atoms. The Morgan fingerprint density at radius 3 is 2.19 bits per heavy atom. The Kier molecular flexibility index (Phi) is 6.27. The molecule has 2 aromatic rings. The van der Waals surface area contributed by atoms with Crippen molar-refractivity contribution in [1.29, 1.82) is 0 Å². The molecule has 0 heterocycles. The van der Waals surface area contributed by atoms with E-state index in [4.69, 9.17) is 35.4 Å². The first-order valence-corrected chi connectivity index (χ1v) is 7.81. The van der Waals surface area contributed by atoms with Gasteiger partial charge in [0.25, 0.3) is 5.91 Å². The highest BCUT2D eigenvalue weighted by molar-refractivity contribution is 7.80. The van der Waals surface area contributed by atoms with Crippen LogP contribution >= 0.6 is 35.4 Å².